The quantitative estimate of drug-likeness (QED) is 0.806. The molecular weight excluding hydrogens is 368 g/mol. The number of carbonyl (C=O) groups excluding carboxylic acids is 1. The Morgan fingerprint density at radius 2 is 2.18 bits per heavy atom. The van der Waals surface area contributed by atoms with Crippen LogP contribution in [0.25, 0.3) is 5.57 Å². The van der Waals surface area contributed by atoms with Gasteiger partial charge in [0.15, 0.2) is 16.8 Å². The Balaban J connectivity index is 1.76. The Bertz CT molecular complexity index is 989. The summed E-state index contributed by atoms with van der Waals surface area (Å²) in [4.78, 5) is 22.9. The van der Waals surface area contributed by atoms with Gasteiger partial charge in [0, 0.05) is 36.2 Å². The maximum absolute atomic E-state index is 12.2. The molecule has 2 N–H and O–H groups in total. The van der Waals surface area contributed by atoms with Crippen LogP contribution in [0.15, 0.2) is 33.8 Å². The van der Waals surface area contributed by atoms with E-state index in [1.54, 1.807) is 11.8 Å². The zero-order chi connectivity index (χ0) is 19.8. The van der Waals surface area contributed by atoms with Crippen molar-refractivity contribution in [1.82, 2.24) is 9.55 Å². The number of fused-ring (bicyclic) bond motifs is 2. The van der Waals surface area contributed by atoms with Gasteiger partial charge in [-0.1, -0.05) is 31.3 Å². The predicted octanol–water partition coefficient (Wildman–Crippen LogP) is 4.58. The average Bonchev–Trinajstić information content (AvgIpc) is 3.15. The summed E-state index contributed by atoms with van der Waals surface area (Å²) in [5.41, 5.74) is 11.0. The molecule has 1 aliphatic carbocycles. The fourth-order valence-corrected chi connectivity index (χ4v) is 4.92. The number of aromatic nitrogens is 2. The van der Waals surface area contributed by atoms with Gasteiger partial charge >= 0.3 is 0 Å². The zero-order valence-electron chi connectivity index (χ0n) is 16.5. The molecule has 0 saturated carbocycles. The molecule has 2 heterocycles. The monoisotopic (exact) mass is 394 g/mol. The second kappa shape index (κ2) is 7.68. The van der Waals surface area contributed by atoms with E-state index < -0.39 is 0 Å². The molecule has 0 spiro atoms. The Labute approximate surface area is 170 Å². The van der Waals surface area contributed by atoms with E-state index in [0.717, 1.165) is 57.5 Å². The molecule has 4 rings (SSSR count). The van der Waals surface area contributed by atoms with E-state index in [1.807, 2.05) is 12.3 Å². The van der Waals surface area contributed by atoms with E-state index in [-0.39, 0.29) is 5.78 Å². The summed E-state index contributed by atoms with van der Waals surface area (Å²) in [6, 6.07) is 4.18. The third kappa shape index (κ3) is 3.35. The number of nitrogens with zero attached hydrogens (tertiary/aromatic N) is 3. The lowest BCUT2D eigenvalue weighted by molar-refractivity contribution is 0.0994. The first-order valence-electron chi connectivity index (χ1n) is 9.89. The normalized spacial score (nSPS) is 18.3. The Hall–Kier alpha value is -2.18. The second-order valence-electron chi connectivity index (χ2n) is 7.56. The van der Waals surface area contributed by atoms with Gasteiger partial charge in [0.1, 0.15) is 5.69 Å². The van der Waals surface area contributed by atoms with Crippen molar-refractivity contribution in [2.45, 2.75) is 56.1 Å². The highest BCUT2D eigenvalue weighted by Crippen LogP contribution is 2.40. The first-order valence-corrected chi connectivity index (χ1v) is 10.7. The summed E-state index contributed by atoms with van der Waals surface area (Å²) in [7, 11) is 0. The Morgan fingerprint density at radius 1 is 1.36 bits per heavy atom. The van der Waals surface area contributed by atoms with Gasteiger partial charge in [-0.25, -0.2) is 9.98 Å². The number of imidazole rings is 1. The van der Waals surface area contributed by atoms with E-state index in [9.17, 15) is 4.79 Å². The van der Waals surface area contributed by atoms with Crippen molar-refractivity contribution in [3.8, 4) is 0 Å². The van der Waals surface area contributed by atoms with Gasteiger partial charge in [0.2, 0.25) is 0 Å². The molecule has 0 radical (unpaired) electrons. The van der Waals surface area contributed by atoms with Crippen LogP contribution in [0.5, 0.6) is 0 Å². The minimum atomic E-state index is 0.238. The number of Topliss-reactive ketones (excluding diaryl/α,β-unsaturated/α-hetero) is 1. The van der Waals surface area contributed by atoms with Crippen LogP contribution in [0.2, 0.25) is 0 Å². The fraction of sp³-hybridized carbons (Fsp3) is 0.409. The van der Waals surface area contributed by atoms with Crippen molar-refractivity contribution < 1.29 is 4.79 Å². The molecule has 5 nitrogen and oxygen atoms in total. The van der Waals surface area contributed by atoms with Crippen molar-refractivity contribution in [1.29, 1.82) is 0 Å². The van der Waals surface area contributed by atoms with Crippen LogP contribution in [0.3, 0.4) is 0 Å². The largest absolute Gasteiger partial charge is 0.329 e. The van der Waals surface area contributed by atoms with Crippen LogP contribution in [-0.4, -0.2) is 28.1 Å². The molecule has 1 aliphatic heterocycles. The summed E-state index contributed by atoms with van der Waals surface area (Å²) in [6.45, 7) is 9.69. The number of rotatable bonds is 5. The lowest BCUT2D eigenvalue weighted by Gasteiger charge is -2.11. The number of aryl methyl sites for hydroxylation is 2. The maximum Gasteiger partial charge on any atom is 0.175 e. The molecule has 0 fully saturated rings. The van der Waals surface area contributed by atoms with Crippen LogP contribution >= 0.6 is 11.8 Å². The van der Waals surface area contributed by atoms with Crippen molar-refractivity contribution >= 4 is 35.2 Å². The summed E-state index contributed by atoms with van der Waals surface area (Å²) >= 11 is 1.59. The zero-order valence-corrected chi connectivity index (χ0v) is 17.3. The molecule has 6 heteroatoms. The first-order chi connectivity index (χ1) is 13.5. The Kier molecular flexibility index (Phi) is 5.25. The van der Waals surface area contributed by atoms with Crippen LogP contribution < -0.4 is 5.73 Å². The average molecular weight is 395 g/mol. The highest BCUT2D eigenvalue weighted by molar-refractivity contribution is 7.99. The highest BCUT2D eigenvalue weighted by Gasteiger charge is 2.25. The van der Waals surface area contributed by atoms with E-state index >= 15 is 0 Å². The first kappa shape index (κ1) is 19.2. The van der Waals surface area contributed by atoms with Crippen molar-refractivity contribution in [2.75, 3.05) is 6.54 Å². The standard InChI is InChI=1S/C22H26N4OS/c1-4-15-9-14(3)20-21(24-12-15)26(8-7-23)22(25-20)28-19-11-17-16(10-13(19)2)5-6-18(17)27/h10-12,15H,3-9,23H2,1-2H3. The predicted molar refractivity (Wildman–Crippen MR) is 115 cm³/mol. The van der Waals surface area contributed by atoms with Crippen molar-refractivity contribution in [2.24, 2.45) is 16.6 Å². The Morgan fingerprint density at radius 3 is 2.93 bits per heavy atom. The molecule has 1 aromatic carbocycles. The molecule has 0 amide bonds. The van der Waals surface area contributed by atoms with Crippen LogP contribution in [0.1, 0.15) is 53.4 Å². The molecule has 2 aliphatic rings. The van der Waals surface area contributed by atoms with Gasteiger partial charge in [-0.15, -0.1) is 0 Å². The number of hydrogen-bond donors (Lipinski definition) is 1. The minimum absolute atomic E-state index is 0.238. The van der Waals surface area contributed by atoms with E-state index in [0.29, 0.717) is 25.4 Å². The van der Waals surface area contributed by atoms with Gasteiger partial charge in [-0.3, -0.25) is 4.79 Å². The number of carbonyl (C=O) groups is 1. The van der Waals surface area contributed by atoms with Gasteiger partial charge in [0.25, 0.3) is 0 Å². The summed E-state index contributed by atoms with van der Waals surface area (Å²) < 4.78 is 2.09. The third-order valence-corrected chi connectivity index (χ3v) is 6.71. The summed E-state index contributed by atoms with van der Waals surface area (Å²) in [5.74, 6) is 1.49. The van der Waals surface area contributed by atoms with E-state index in [1.165, 1.54) is 5.56 Å². The fourth-order valence-electron chi connectivity index (χ4n) is 3.90. The van der Waals surface area contributed by atoms with Crippen LogP contribution in [0, 0.1) is 12.8 Å². The van der Waals surface area contributed by atoms with Crippen molar-refractivity contribution in [3.05, 3.63) is 41.1 Å². The lowest BCUT2D eigenvalue weighted by atomic mass is 9.98. The van der Waals surface area contributed by atoms with Gasteiger partial charge in [0.05, 0.1) is 0 Å². The number of nitrogens with two attached hydrogens (primary N) is 1. The molecule has 146 valence electrons. The summed E-state index contributed by atoms with van der Waals surface area (Å²) in [6.07, 6.45) is 5.41. The SMILES string of the molecule is C=C1CC(CC)C=Nc2c1nc(Sc1cc3c(cc1C)CCC3=O)n2CCN. The number of aliphatic imine (C=N–C) groups is 1. The maximum atomic E-state index is 12.2. The minimum Gasteiger partial charge on any atom is -0.329 e. The molecule has 1 unspecified atom stereocenters. The highest BCUT2D eigenvalue weighted by atomic mass is 32.2. The molecule has 1 aromatic heterocycles. The van der Waals surface area contributed by atoms with E-state index in [2.05, 4.69) is 31.1 Å². The molecule has 2 aromatic rings. The molecule has 0 saturated heterocycles. The number of hydrogen-bond acceptors (Lipinski definition) is 5. The molecule has 1 atom stereocenters. The number of benzene rings is 1. The van der Waals surface area contributed by atoms with Crippen LogP contribution in [0.4, 0.5) is 5.82 Å². The van der Waals surface area contributed by atoms with Gasteiger partial charge in [-0.2, -0.15) is 0 Å². The topological polar surface area (TPSA) is 73.3 Å². The number of allylic oxidation sites excluding steroid dienone is 1. The third-order valence-electron chi connectivity index (χ3n) is 5.56. The number of ketones is 1. The molecule has 28 heavy (non-hydrogen) atoms. The smallest absolute Gasteiger partial charge is 0.175 e. The second-order valence-corrected chi connectivity index (χ2v) is 8.57. The lowest BCUT2D eigenvalue weighted by Crippen LogP contribution is -2.10. The van der Waals surface area contributed by atoms with Crippen LogP contribution in [-0.2, 0) is 13.0 Å². The van der Waals surface area contributed by atoms with Crippen molar-refractivity contribution in [3.63, 3.8) is 0 Å². The molecule has 0 bridgehead atoms. The van der Waals surface area contributed by atoms with Gasteiger partial charge < -0.3 is 10.3 Å². The summed E-state index contributed by atoms with van der Waals surface area (Å²) in [5, 5.41) is 0.859. The van der Waals surface area contributed by atoms with Gasteiger partial charge in [-0.05, 0) is 54.9 Å². The van der Waals surface area contributed by atoms with E-state index in [4.69, 9.17) is 15.7 Å². The molecular formula is C22H26N4OS.